The van der Waals surface area contributed by atoms with Gasteiger partial charge in [0.25, 0.3) is 5.91 Å². The maximum Gasteiger partial charge on any atom is 0.325 e. The first-order valence-corrected chi connectivity index (χ1v) is 8.46. The lowest BCUT2D eigenvalue weighted by molar-refractivity contribution is -0.143. The van der Waals surface area contributed by atoms with Crippen molar-refractivity contribution in [3.05, 3.63) is 41.6 Å². The van der Waals surface area contributed by atoms with Crippen molar-refractivity contribution >= 4 is 46.1 Å². The third-order valence-corrected chi connectivity index (χ3v) is 4.53. The minimum atomic E-state index is -0.551. The summed E-state index contributed by atoms with van der Waals surface area (Å²) >= 11 is 5.16. The van der Waals surface area contributed by atoms with E-state index in [0.717, 1.165) is 21.2 Å². The highest BCUT2D eigenvalue weighted by Gasteiger charge is 2.32. The highest BCUT2D eigenvalue weighted by Crippen LogP contribution is 2.36. The van der Waals surface area contributed by atoms with E-state index in [1.807, 2.05) is 30.3 Å². The average molecular weight is 386 g/mol. The molecule has 0 aliphatic carbocycles. The van der Waals surface area contributed by atoms with E-state index in [0.29, 0.717) is 11.5 Å². The van der Waals surface area contributed by atoms with E-state index in [1.165, 1.54) is 7.11 Å². The van der Waals surface area contributed by atoms with Gasteiger partial charge in [0, 0.05) is 10.8 Å². The van der Waals surface area contributed by atoms with Crippen LogP contribution in [0.1, 0.15) is 5.56 Å². The van der Waals surface area contributed by atoms with Crippen LogP contribution in [0.3, 0.4) is 0 Å². The van der Waals surface area contributed by atoms with Gasteiger partial charge in [-0.3, -0.25) is 14.5 Å². The van der Waals surface area contributed by atoms with Crippen molar-refractivity contribution in [2.24, 2.45) is 0 Å². The molecule has 2 aromatic rings. The molecule has 1 fully saturated rings. The first-order chi connectivity index (χ1) is 13.0. The molecule has 1 amide bonds. The molecule has 8 heteroatoms. The summed E-state index contributed by atoms with van der Waals surface area (Å²) in [6.45, 7) is -0.245. The summed E-state index contributed by atoms with van der Waals surface area (Å²) < 4.78 is 15.5. The molecule has 2 aromatic carbocycles. The number of methoxy groups -OCH3 is 3. The van der Waals surface area contributed by atoms with E-state index in [1.54, 1.807) is 20.3 Å². The summed E-state index contributed by atoms with van der Waals surface area (Å²) in [5.41, 5.74) is 1.02. The van der Waals surface area contributed by atoms with Crippen LogP contribution in [0.2, 0.25) is 0 Å². The van der Waals surface area contributed by atoms with Crippen molar-refractivity contribution in [2.45, 2.75) is 0 Å². The number of benzene rings is 2. The molecule has 1 saturated heterocycles. The standard InChI is InChI=1S/C19H18N2O5S/c1-24-14-8-7-11(17-12(14)5-4-6-15(17)25-2)9-13-18(23)21(19(27)20-13)10-16(22)26-3/h4-9H,10H2,1-3H3,(H,20,27)/b13-9-. The van der Waals surface area contributed by atoms with Crippen molar-refractivity contribution in [2.75, 3.05) is 27.9 Å². The molecular weight excluding hydrogens is 368 g/mol. The smallest absolute Gasteiger partial charge is 0.325 e. The predicted octanol–water partition coefficient (Wildman–Crippen LogP) is 2.09. The fraction of sp³-hybridized carbons (Fsp3) is 0.211. The molecule has 140 valence electrons. The molecule has 3 rings (SSSR count). The normalized spacial score (nSPS) is 15.2. The van der Waals surface area contributed by atoms with Crippen molar-refractivity contribution in [3.63, 3.8) is 0 Å². The Morgan fingerprint density at radius 2 is 1.89 bits per heavy atom. The predicted molar refractivity (Wildman–Crippen MR) is 104 cm³/mol. The molecule has 1 aliphatic rings. The Bertz CT molecular complexity index is 970. The van der Waals surface area contributed by atoms with Crippen LogP contribution in [0.5, 0.6) is 11.5 Å². The van der Waals surface area contributed by atoms with Crippen LogP contribution in [0.15, 0.2) is 36.0 Å². The lowest BCUT2D eigenvalue weighted by Gasteiger charge is -2.12. The van der Waals surface area contributed by atoms with Crippen LogP contribution in [0.4, 0.5) is 0 Å². The highest BCUT2D eigenvalue weighted by atomic mass is 32.1. The lowest BCUT2D eigenvalue weighted by atomic mass is 10.0. The number of carbonyl (C=O) groups excluding carboxylic acids is 2. The van der Waals surface area contributed by atoms with Gasteiger partial charge in [0.1, 0.15) is 23.7 Å². The highest BCUT2D eigenvalue weighted by molar-refractivity contribution is 7.80. The largest absolute Gasteiger partial charge is 0.496 e. The van der Waals surface area contributed by atoms with E-state index < -0.39 is 11.9 Å². The van der Waals surface area contributed by atoms with Crippen molar-refractivity contribution in [3.8, 4) is 11.5 Å². The third kappa shape index (κ3) is 3.43. The number of nitrogens with zero attached hydrogens (tertiary/aromatic N) is 1. The molecule has 0 spiro atoms. The van der Waals surface area contributed by atoms with Gasteiger partial charge in [0.15, 0.2) is 5.11 Å². The van der Waals surface area contributed by atoms with E-state index in [9.17, 15) is 9.59 Å². The van der Waals surface area contributed by atoms with Gasteiger partial charge in [-0.05, 0) is 36.0 Å². The van der Waals surface area contributed by atoms with Gasteiger partial charge in [-0.1, -0.05) is 18.2 Å². The number of carbonyl (C=O) groups is 2. The van der Waals surface area contributed by atoms with Gasteiger partial charge in [0.05, 0.1) is 21.3 Å². The number of hydrogen-bond acceptors (Lipinski definition) is 6. The van der Waals surface area contributed by atoms with E-state index in [4.69, 9.17) is 21.7 Å². The van der Waals surface area contributed by atoms with Crippen LogP contribution in [-0.2, 0) is 14.3 Å². The minimum Gasteiger partial charge on any atom is -0.496 e. The molecule has 1 heterocycles. The Morgan fingerprint density at radius 3 is 2.56 bits per heavy atom. The van der Waals surface area contributed by atoms with Gasteiger partial charge >= 0.3 is 5.97 Å². The number of nitrogens with one attached hydrogen (secondary N) is 1. The van der Waals surface area contributed by atoms with E-state index in [-0.39, 0.29) is 17.4 Å². The Hall–Kier alpha value is -3.13. The topological polar surface area (TPSA) is 77.1 Å². The Morgan fingerprint density at radius 1 is 1.15 bits per heavy atom. The average Bonchev–Trinajstić information content (AvgIpc) is 2.94. The summed E-state index contributed by atoms with van der Waals surface area (Å²) in [6.07, 6.45) is 1.68. The molecule has 0 unspecified atom stereocenters. The maximum atomic E-state index is 12.6. The molecule has 7 nitrogen and oxygen atoms in total. The summed E-state index contributed by atoms with van der Waals surface area (Å²) in [5, 5.41) is 4.66. The van der Waals surface area contributed by atoms with Crippen LogP contribution in [0, 0.1) is 0 Å². The molecule has 0 radical (unpaired) electrons. The second-order valence-corrected chi connectivity index (χ2v) is 6.08. The molecule has 0 atom stereocenters. The fourth-order valence-electron chi connectivity index (χ4n) is 2.91. The Labute approximate surface area is 161 Å². The zero-order valence-electron chi connectivity index (χ0n) is 15.1. The van der Waals surface area contributed by atoms with Crippen LogP contribution < -0.4 is 14.8 Å². The van der Waals surface area contributed by atoms with E-state index >= 15 is 0 Å². The van der Waals surface area contributed by atoms with Crippen LogP contribution >= 0.6 is 12.2 Å². The zero-order chi connectivity index (χ0) is 19.6. The molecule has 0 bridgehead atoms. The molecule has 1 N–H and O–H groups in total. The summed E-state index contributed by atoms with van der Waals surface area (Å²) in [4.78, 5) is 25.3. The van der Waals surface area contributed by atoms with E-state index in [2.05, 4.69) is 10.1 Å². The molecule has 0 aromatic heterocycles. The van der Waals surface area contributed by atoms with Crippen molar-refractivity contribution in [1.82, 2.24) is 10.2 Å². The molecule has 1 aliphatic heterocycles. The Balaban J connectivity index is 2.07. The summed E-state index contributed by atoms with van der Waals surface area (Å²) in [7, 11) is 4.43. The van der Waals surface area contributed by atoms with Gasteiger partial charge in [0.2, 0.25) is 0 Å². The number of ether oxygens (including phenoxy) is 3. The number of esters is 1. The van der Waals surface area contributed by atoms with Gasteiger partial charge < -0.3 is 19.5 Å². The SMILES string of the molecule is COC(=O)CN1C(=O)/C(=C/c2ccc(OC)c3cccc(OC)c23)NC1=S. The van der Waals surface area contributed by atoms with Crippen LogP contribution in [-0.4, -0.2) is 49.8 Å². The van der Waals surface area contributed by atoms with Crippen molar-refractivity contribution in [1.29, 1.82) is 0 Å². The monoisotopic (exact) mass is 386 g/mol. The van der Waals surface area contributed by atoms with Gasteiger partial charge in [-0.15, -0.1) is 0 Å². The zero-order valence-corrected chi connectivity index (χ0v) is 15.9. The second kappa shape index (κ2) is 7.63. The quantitative estimate of drug-likeness (QED) is 0.479. The number of hydrogen-bond donors (Lipinski definition) is 1. The number of thiocarbonyl (C=S) groups is 1. The molecular formula is C19H18N2O5S. The Kier molecular flexibility index (Phi) is 5.27. The first-order valence-electron chi connectivity index (χ1n) is 8.05. The van der Waals surface area contributed by atoms with Crippen LogP contribution in [0.25, 0.3) is 16.8 Å². The van der Waals surface area contributed by atoms with Crippen molar-refractivity contribution < 1.29 is 23.8 Å². The number of fused-ring (bicyclic) bond motifs is 1. The fourth-order valence-corrected chi connectivity index (χ4v) is 3.16. The summed E-state index contributed by atoms with van der Waals surface area (Å²) in [6, 6.07) is 9.27. The first kappa shape index (κ1) is 18.7. The lowest BCUT2D eigenvalue weighted by Crippen LogP contribution is -2.35. The molecule has 0 saturated carbocycles. The minimum absolute atomic E-state index is 0.154. The molecule has 27 heavy (non-hydrogen) atoms. The number of amides is 1. The number of rotatable bonds is 5. The summed E-state index contributed by atoms with van der Waals surface area (Å²) in [5.74, 6) is 0.395. The van der Waals surface area contributed by atoms with Gasteiger partial charge in [-0.25, -0.2) is 0 Å². The third-order valence-electron chi connectivity index (χ3n) is 4.21. The van der Waals surface area contributed by atoms with Gasteiger partial charge in [-0.2, -0.15) is 0 Å². The maximum absolute atomic E-state index is 12.6. The second-order valence-electron chi connectivity index (χ2n) is 5.70.